The van der Waals surface area contributed by atoms with E-state index in [1.165, 1.54) is 12.1 Å². The zero-order chi connectivity index (χ0) is 16.0. The van der Waals surface area contributed by atoms with Gasteiger partial charge in [0.15, 0.2) is 9.84 Å². The number of ether oxygens (including phenoxy) is 1. The molecule has 0 aliphatic rings. The molecule has 1 aromatic rings. The van der Waals surface area contributed by atoms with Crippen LogP contribution in [-0.4, -0.2) is 38.9 Å². The number of rotatable bonds is 6. The molecule has 0 spiro atoms. The molecule has 0 radical (unpaired) electrons. The number of benzene rings is 1. The van der Waals surface area contributed by atoms with Crippen molar-refractivity contribution in [3.05, 3.63) is 23.2 Å². The summed E-state index contributed by atoms with van der Waals surface area (Å²) in [6, 6.07) is 4.44. The molecule has 21 heavy (non-hydrogen) atoms. The maximum atomic E-state index is 11.7. The lowest BCUT2D eigenvalue weighted by atomic mass is 10.2. The van der Waals surface area contributed by atoms with Gasteiger partial charge in [0.05, 0.1) is 30.7 Å². The van der Waals surface area contributed by atoms with Crippen molar-refractivity contribution in [1.82, 2.24) is 0 Å². The molecule has 0 bridgehead atoms. The lowest BCUT2D eigenvalue weighted by Crippen LogP contribution is -2.26. The summed E-state index contributed by atoms with van der Waals surface area (Å²) in [5, 5.41) is 2.72. The number of nitrogen functional groups attached to an aromatic ring is 1. The van der Waals surface area contributed by atoms with Crippen molar-refractivity contribution in [2.24, 2.45) is 0 Å². The average molecular weight is 335 g/mol. The van der Waals surface area contributed by atoms with E-state index in [-0.39, 0.29) is 17.8 Å². The number of carbonyl (C=O) groups is 2. The summed E-state index contributed by atoms with van der Waals surface area (Å²) in [5.74, 6) is -2.62. The summed E-state index contributed by atoms with van der Waals surface area (Å²) in [6.07, 6.45) is -0.300. The van der Waals surface area contributed by atoms with Crippen molar-refractivity contribution in [2.75, 3.05) is 29.7 Å². The molecule has 0 fully saturated rings. The standard InChI is InChI=1S/C12H15ClN2O5S/c1-20-12(17)4-5-21(18,19)7-11(16)15-10-6-8(13)2-3-9(10)14/h2-3,6H,4-5,7,14H2,1H3,(H,15,16). The van der Waals surface area contributed by atoms with E-state index in [9.17, 15) is 18.0 Å². The summed E-state index contributed by atoms with van der Waals surface area (Å²) in [4.78, 5) is 22.6. The molecule has 7 nitrogen and oxygen atoms in total. The minimum atomic E-state index is -3.72. The predicted molar refractivity (Wildman–Crippen MR) is 79.8 cm³/mol. The molecule has 1 amide bonds. The maximum absolute atomic E-state index is 11.7. The molecule has 0 saturated heterocycles. The largest absolute Gasteiger partial charge is 0.469 e. The van der Waals surface area contributed by atoms with Crippen LogP contribution < -0.4 is 11.1 Å². The van der Waals surface area contributed by atoms with Crippen molar-refractivity contribution in [2.45, 2.75) is 6.42 Å². The smallest absolute Gasteiger partial charge is 0.306 e. The van der Waals surface area contributed by atoms with Crippen LogP contribution in [-0.2, 0) is 24.2 Å². The quantitative estimate of drug-likeness (QED) is 0.588. The van der Waals surface area contributed by atoms with Crippen LogP contribution in [0.4, 0.5) is 11.4 Å². The van der Waals surface area contributed by atoms with Crippen molar-refractivity contribution < 1.29 is 22.7 Å². The second-order valence-electron chi connectivity index (χ2n) is 4.20. The fourth-order valence-electron chi connectivity index (χ4n) is 1.44. The van der Waals surface area contributed by atoms with E-state index in [1.54, 1.807) is 6.07 Å². The van der Waals surface area contributed by atoms with Gasteiger partial charge in [0, 0.05) is 5.02 Å². The lowest BCUT2D eigenvalue weighted by molar-refractivity contribution is -0.140. The van der Waals surface area contributed by atoms with Gasteiger partial charge in [-0.25, -0.2) is 8.42 Å². The Morgan fingerprint density at radius 1 is 1.38 bits per heavy atom. The van der Waals surface area contributed by atoms with Gasteiger partial charge >= 0.3 is 5.97 Å². The number of halogens is 1. The fourth-order valence-corrected chi connectivity index (χ4v) is 2.70. The Morgan fingerprint density at radius 2 is 2.05 bits per heavy atom. The predicted octanol–water partition coefficient (Wildman–Crippen LogP) is 0.839. The van der Waals surface area contributed by atoms with Crippen LogP contribution in [0.1, 0.15) is 6.42 Å². The van der Waals surface area contributed by atoms with Gasteiger partial charge in [-0.3, -0.25) is 9.59 Å². The number of amides is 1. The number of methoxy groups -OCH3 is 1. The minimum Gasteiger partial charge on any atom is -0.469 e. The second kappa shape index (κ2) is 7.28. The van der Waals surface area contributed by atoms with Crippen LogP contribution >= 0.6 is 11.6 Å². The SMILES string of the molecule is COC(=O)CCS(=O)(=O)CC(=O)Nc1cc(Cl)ccc1N. The van der Waals surface area contributed by atoms with Crippen LogP contribution in [0.15, 0.2) is 18.2 Å². The molecule has 0 unspecified atom stereocenters. The second-order valence-corrected chi connectivity index (χ2v) is 6.82. The van der Waals surface area contributed by atoms with Gasteiger partial charge in [-0.05, 0) is 18.2 Å². The van der Waals surface area contributed by atoms with Crippen LogP contribution in [0.25, 0.3) is 0 Å². The van der Waals surface area contributed by atoms with Gasteiger partial charge in [0.1, 0.15) is 5.75 Å². The summed E-state index contributed by atoms with van der Waals surface area (Å²) in [6.45, 7) is 0. The lowest BCUT2D eigenvalue weighted by Gasteiger charge is -2.09. The van der Waals surface area contributed by atoms with Crippen molar-refractivity contribution >= 4 is 44.7 Å². The van der Waals surface area contributed by atoms with E-state index < -0.39 is 33.2 Å². The zero-order valence-corrected chi connectivity index (χ0v) is 12.8. The van der Waals surface area contributed by atoms with Gasteiger partial charge in [-0.15, -0.1) is 0 Å². The van der Waals surface area contributed by atoms with E-state index in [1.807, 2.05) is 0 Å². The van der Waals surface area contributed by atoms with E-state index in [0.29, 0.717) is 5.02 Å². The summed E-state index contributed by atoms with van der Waals surface area (Å²) < 4.78 is 27.7. The third-order valence-electron chi connectivity index (χ3n) is 2.49. The number of carbonyl (C=O) groups excluding carboxylic acids is 2. The summed E-state index contributed by atoms with van der Waals surface area (Å²) >= 11 is 5.76. The van der Waals surface area contributed by atoms with Crippen LogP contribution in [0.5, 0.6) is 0 Å². The molecule has 116 valence electrons. The number of hydrogen-bond donors (Lipinski definition) is 2. The highest BCUT2D eigenvalue weighted by atomic mass is 35.5. The first kappa shape index (κ1) is 17.3. The van der Waals surface area contributed by atoms with Crippen molar-refractivity contribution in [3.63, 3.8) is 0 Å². The van der Waals surface area contributed by atoms with E-state index in [0.717, 1.165) is 7.11 Å². The van der Waals surface area contributed by atoms with Gasteiger partial charge in [-0.1, -0.05) is 11.6 Å². The molecule has 0 saturated carbocycles. The van der Waals surface area contributed by atoms with Gasteiger partial charge in [0.25, 0.3) is 0 Å². The van der Waals surface area contributed by atoms with E-state index >= 15 is 0 Å². The third-order valence-corrected chi connectivity index (χ3v) is 4.25. The summed E-state index contributed by atoms with van der Waals surface area (Å²) in [5.41, 5.74) is 6.13. The molecule has 1 rings (SSSR count). The average Bonchev–Trinajstić information content (AvgIpc) is 2.39. The minimum absolute atomic E-state index is 0.232. The molecule has 0 aromatic heterocycles. The Morgan fingerprint density at radius 3 is 2.67 bits per heavy atom. The molecule has 0 aliphatic heterocycles. The van der Waals surface area contributed by atoms with Gasteiger partial charge in [0.2, 0.25) is 5.91 Å². The van der Waals surface area contributed by atoms with E-state index in [2.05, 4.69) is 10.1 Å². The molecule has 9 heteroatoms. The first-order valence-corrected chi connectivity index (χ1v) is 8.05. The van der Waals surface area contributed by atoms with Crippen molar-refractivity contribution in [1.29, 1.82) is 0 Å². The Labute approximate surface area is 127 Å². The fraction of sp³-hybridized carbons (Fsp3) is 0.333. The highest BCUT2D eigenvalue weighted by Gasteiger charge is 2.19. The molecule has 1 aromatic carbocycles. The number of esters is 1. The number of nitrogens with one attached hydrogen (secondary N) is 1. The monoisotopic (exact) mass is 334 g/mol. The molecular weight excluding hydrogens is 320 g/mol. The molecule has 3 N–H and O–H groups in total. The Kier molecular flexibility index (Phi) is 5.98. The molecular formula is C12H15ClN2O5S. The highest BCUT2D eigenvalue weighted by Crippen LogP contribution is 2.22. The zero-order valence-electron chi connectivity index (χ0n) is 11.3. The van der Waals surface area contributed by atoms with Crippen LogP contribution in [0.2, 0.25) is 5.02 Å². The normalized spacial score (nSPS) is 11.0. The Hall–Kier alpha value is -1.80. The Balaban J connectivity index is 2.64. The Bertz CT molecular complexity index is 645. The third kappa shape index (κ3) is 6.01. The molecule has 0 heterocycles. The maximum Gasteiger partial charge on any atom is 0.306 e. The van der Waals surface area contributed by atoms with Crippen LogP contribution in [0, 0.1) is 0 Å². The first-order chi connectivity index (χ1) is 9.73. The topological polar surface area (TPSA) is 116 Å². The van der Waals surface area contributed by atoms with Crippen molar-refractivity contribution in [3.8, 4) is 0 Å². The number of nitrogens with two attached hydrogens (primary N) is 1. The number of sulfone groups is 1. The first-order valence-electron chi connectivity index (χ1n) is 5.85. The van der Waals surface area contributed by atoms with Crippen LogP contribution in [0.3, 0.4) is 0 Å². The van der Waals surface area contributed by atoms with Gasteiger partial charge in [-0.2, -0.15) is 0 Å². The van der Waals surface area contributed by atoms with Gasteiger partial charge < -0.3 is 15.8 Å². The highest BCUT2D eigenvalue weighted by molar-refractivity contribution is 7.92. The van der Waals surface area contributed by atoms with E-state index in [4.69, 9.17) is 17.3 Å². The molecule has 0 atom stereocenters. The number of anilines is 2. The molecule has 0 aliphatic carbocycles. The number of hydrogen-bond acceptors (Lipinski definition) is 6. The summed E-state index contributed by atoms with van der Waals surface area (Å²) in [7, 11) is -2.56.